The lowest BCUT2D eigenvalue weighted by atomic mass is 10.1. The average Bonchev–Trinajstić information content (AvgIpc) is 2.78. The van der Waals surface area contributed by atoms with Crippen LogP contribution in [0.5, 0.6) is 0 Å². The van der Waals surface area contributed by atoms with Gasteiger partial charge in [0.2, 0.25) is 0 Å². The number of allylic oxidation sites excluding steroid dienone is 1. The lowest BCUT2D eigenvalue weighted by molar-refractivity contribution is -0.124. The minimum atomic E-state index is 0.0700. The van der Waals surface area contributed by atoms with Gasteiger partial charge in [0.15, 0.2) is 0 Å². The number of rotatable bonds is 5. The van der Waals surface area contributed by atoms with Gasteiger partial charge in [-0.1, -0.05) is 59.6 Å². The van der Waals surface area contributed by atoms with E-state index in [-0.39, 0.29) is 10.7 Å². The molecule has 112 valence electrons. The second-order valence-electron chi connectivity index (χ2n) is 4.88. The first-order valence-electron chi connectivity index (χ1n) is 6.81. The smallest absolute Gasteiger partial charge is 0.255 e. The average molecular weight is 478 g/mol. The number of nitrogens with zero attached hydrogens (tertiary/aromatic N) is 1. The molecule has 1 aliphatic rings. The largest absolute Gasteiger partial charge is 0.302 e. The zero-order valence-corrected chi connectivity index (χ0v) is 16.4. The summed E-state index contributed by atoms with van der Waals surface area (Å²) < 4.78 is 0.797. The number of halogens is 3. The van der Waals surface area contributed by atoms with Crippen molar-refractivity contribution in [2.45, 2.75) is 31.1 Å². The molecule has 1 unspecified atom stereocenters. The maximum Gasteiger partial charge on any atom is 0.255 e. The minimum absolute atomic E-state index is 0.0700. The quantitative estimate of drug-likeness (QED) is 0.514. The van der Waals surface area contributed by atoms with Crippen LogP contribution < -0.4 is 0 Å². The molecule has 1 heterocycles. The van der Waals surface area contributed by atoms with Gasteiger partial charge in [0.25, 0.3) is 5.91 Å². The van der Waals surface area contributed by atoms with Crippen molar-refractivity contribution in [1.82, 2.24) is 4.90 Å². The van der Waals surface area contributed by atoms with Crippen LogP contribution in [0.1, 0.15) is 25.3 Å². The van der Waals surface area contributed by atoms with Gasteiger partial charge in [0, 0.05) is 10.4 Å². The van der Waals surface area contributed by atoms with Crippen molar-refractivity contribution in [1.29, 1.82) is 0 Å². The van der Waals surface area contributed by atoms with Crippen molar-refractivity contribution >= 4 is 53.7 Å². The Morgan fingerprint density at radius 2 is 1.90 bits per heavy atom. The number of hydrogen-bond donors (Lipinski definition) is 0. The van der Waals surface area contributed by atoms with Crippen LogP contribution in [-0.4, -0.2) is 15.6 Å². The number of benzene rings is 1. The van der Waals surface area contributed by atoms with E-state index >= 15 is 0 Å². The van der Waals surface area contributed by atoms with E-state index in [1.54, 1.807) is 4.90 Å². The normalized spacial score (nSPS) is 16.2. The molecule has 1 aromatic rings. The predicted octanol–water partition coefficient (Wildman–Crippen LogP) is 5.48. The van der Waals surface area contributed by atoms with Crippen molar-refractivity contribution < 1.29 is 4.79 Å². The highest BCUT2D eigenvalue weighted by molar-refractivity contribution is 9.28. The van der Waals surface area contributed by atoms with Crippen molar-refractivity contribution in [3.8, 4) is 0 Å². The van der Waals surface area contributed by atoms with E-state index in [4.69, 9.17) is 0 Å². The van der Waals surface area contributed by atoms with Gasteiger partial charge in [-0.3, -0.25) is 4.79 Å². The fourth-order valence-corrected chi connectivity index (χ4v) is 3.71. The first-order chi connectivity index (χ1) is 10.0. The molecule has 1 amide bonds. The summed E-state index contributed by atoms with van der Waals surface area (Å²) in [6, 6.07) is 10.0. The highest BCUT2D eigenvalue weighted by atomic mass is 79.9. The van der Waals surface area contributed by atoms with E-state index in [1.807, 2.05) is 36.4 Å². The predicted molar refractivity (Wildman–Crippen MR) is 97.6 cm³/mol. The molecule has 1 aliphatic heterocycles. The van der Waals surface area contributed by atoms with Gasteiger partial charge in [-0.15, -0.1) is 0 Å². The molecule has 0 saturated carbocycles. The molecule has 0 saturated heterocycles. The molecule has 0 bridgehead atoms. The van der Waals surface area contributed by atoms with Gasteiger partial charge in [0.1, 0.15) is 0 Å². The third-order valence-corrected chi connectivity index (χ3v) is 5.10. The Bertz CT molecular complexity index is 576. The first kappa shape index (κ1) is 17.0. The third-order valence-electron chi connectivity index (χ3n) is 3.33. The molecule has 5 heteroatoms. The second-order valence-corrected chi connectivity index (χ2v) is 8.63. The number of carbonyl (C=O) groups is 1. The van der Waals surface area contributed by atoms with Crippen LogP contribution in [-0.2, 0) is 11.3 Å². The summed E-state index contributed by atoms with van der Waals surface area (Å²) in [6.07, 6.45) is 3.94. The number of alkyl halides is 1. The summed E-state index contributed by atoms with van der Waals surface area (Å²) in [5, 5.41) is 0. The Morgan fingerprint density at radius 3 is 2.48 bits per heavy atom. The topological polar surface area (TPSA) is 20.3 Å². The Kier molecular flexibility index (Phi) is 6.26. The van der Waals surface area contributed by atoms with Crippen molar-refractivity contribution in [3.63, 3.8) is 0 Å². The van der Waals surface area contributed by atoms with Crippen molar-refractivity contribution in [3.05, 3.63) is 56.6 Å². The molecule has 2 rings (SSSR count). The molecular formula is C16H16Br3NO. The van der Waals surface area contributed by atoms with Gasteiger partial charge in [-0.2, -0.15) is 0 Å². The Morgan fingerprint density at radius 1 is 1.24 bits per heavy atom. The summed E-state index contributed by atoms with van der Waals surface area (Å²) in [5.41, 5.74) is 2.81. The molecule has 0 aliphatic carbocycles. The zero-order chi connectivity index (χ0) is 15.4. The molecule has 2 nitrogen and oxygen atoms in total. The Hall–Kier alpha value is -0.390. The summed E-state index contributed by atoms with van der Waals surface area (Å²) in [6.45, 7) is 2.69. The van der Waals surface area contributed by atoms with E-state index in [1.165, 1.54) is 0 Å². The molecule has 0 spiro atoms. The maximum atomic E-state index is 12.7. The number of hydrogen-bond acceptors (Lipinski definition) is 1. The van der Waals surface area contributed by atoms with Gasteiger partial charge < -0.3 is 4.90 Å². The van der Waals surface area contributed by atoms with Gasteiger partial charge in [0.05, 0.1) is 15.6 Å². The number of amides is 1. The van der Waals surface area contributed by atoms with E-state index < -0.39 is 0 Å². The Balaban J connectivity index is 2.27. The number of carbonyl (C=O) groups excluding carboxylic acids is 1. The van der Waals surface area contributed by atoms with Gasteiger partial charge in [-0.25, -0.2) is 0 Å². The Labute approximate surface area is 150 Å². The van der Waals surface area contributed by atoms with Gasteiger partial charge in [-0.05, 0) is 49.9 Å². The molecule has 21 heavy (non-hydrogen) atoms. The van der Waals surface area contributed by atoms with E-state index in [0.29, 0.717) is 6.54 Å². The molecule has 1 aromatic carbocycles. The highest BCUT2D eigenvalue weighted by Crippen LogP contribution is 2.35. The van der Waals surface area contributed by atoms with Crippen LogP contribution in [0.2, 0.25) is 0 Å². The lowest BCUT2D eigenvalue weighted by Crippen LogP contribution is -2.27. The molecular weight excluding hydrogens is 462 g/mol. The summed E-state index contributed by atoms with van der Waals surface area (Å²) in [5.74, 6) is 0.0700. The fourth-order valence-electron chi connectivity index (χ4n) is 2.27. The first-order valence-corrected chi connectivity index (χ1v) is 9.31. The molecule has 0 fully saturated rings. The molecule has 0 N–H and O–H groups in total. The van der Waals surface area contributed by atoms with Crippen molar-refractivity contribution in [2.24, 2.45) is 0 Å². The van der Waals surface area contributed by atoms with E-state index in [0.717, 1.165) is 33.1 Å². The van der Waals surface area contributed by atoms with Crippen LogP contribution in [0.4, 0.5) is 0 Å². The van der Waals surface area contributed by atoms with Crippen LogP contribution in [0, 0.1) is 0 Å². The molecule has 0 aromatic heterocycles. The second kappa shape index (κ2) is 7.75. The third kappa shape index (κ3) is 4.08. The summed E-state index contributed by atoms with van der Waals surface area (Å²) in [4.78, 5) is 14.6. The van der Waals surface area contributed by atoms with Crippen LogP contribution in [0.25, 0.3) is 0 Å². The SMILES string of the molecule is CCCC(Br)C1=CC(=C(Br)Br)N(Cc2ccccc2)C1=O. The molecule has 1 atom stereocenters. The summed E-state index contributed by atoms with van der Waals surface area (Å²) >= 11 is 10.5. The van der Waals surface area contributed by atoms with E-state index in [2.05, 4.69) is 54.7 Å². The van der Waals surface area contributed by atoms with Crippen LogP contribution >= 0.6 is 47.8 Å². The highest BCUT2D eigenvalue weighted by Gasteiger charge is 2.32. The minimum Gasteiger partial charge on any atom is -0.302 e. The fraction of sp³-hybridized carbons (Fsp3) is 0.312. The lowest BCUT2D eigenvalue weighted by Gasteiger charge is -2.20. The molecule has 0 radical (unpaired) electrons. The maximum absolute atomic E-state index is 12.7. The summed E-state index contributed by atoms with van der Waals surface area (Å²) in [7, 11) is 0. The van der Waals surface area contributed by atoms with Crippen molar-refractivity contribution in [2.75, 3.05) is 0 Å². The van der Waals surface area contributed by atoms with E-state index in [9.17, 15) is 4.79 Å². The van der Waals surface area contributed by atoms with Gasteiger partial charge >= 0.3 is 0 Å². The zero-order valence-electron chi connectivity index (χ0n) is 11.7. The standard InChI is InChI=1S/C16H16Br3NO/c1-2-6-13(17)12-9-14(15(18)19)20(16(12)21)10-11-7-4-3-5-8-11/h3-5,7-9,13H,2,6,10H2,1H3. The van der Waals surface area contributed by atoms with Crippen LogP contribution in [0.3, 0.4) is 0 Å². The monoisotopic (exact) mass is 475 g/mol. The van der Waals surface area contributed by atoms with Crippen LogP contribution in [0.15, 0.2) is 51.1 Å².